The fourth-order valence-electron chi connectivity index (χ4n) is 18.4. The molecule has 0 N–H and O–H groups in total. The number of hydrogen-bond donors (Lipinski definition) is 0. The Kier molecular flexibility index (Phi) is 21.1. The quantitative estimate of drug-likeness (QED) is 0.0508. The second-order valence-electron chi connectivity index (χ2n) is 32.5. The standard InChI is InChI=1S/C52H34N6S.C40H26N6S.C24H14N4S/c1-5-16-38(17-6-1)57(39-18-7-2-8-19-39)42-30-25-36(26-31-42)46-49-50(54-48-44-24-14-13-15-35(44)29-34-45(48)53-49)47(52-51(46)55-59-56-52)37-27-32-43(33-28-37)58(40-20-9-3-10-21-40)41-22-11-4-12-23-41;1-5-16-28(17-6-1)45(29-18-7-2-8-19-29)39-35-36(42-34-32-24-14-13-15-27(32)25-26-33(34)41-35)40(38-37(39)43-47-44-38)46(30-20-9-3-10-21-30)31-22-11-4-12-23-31;1-3-9-15(10-4-1)19-21-22(26-18-14-8-7-13-17(18)25-21)20(16-11-5-2-6-12-16)24-23(19)27-29-28-24/h1-34H;1-26H;1-14H. The van der Waals surface area contributed by atoms with Gasteiger partial charge in [0.1, 0.15) is 77.6 Å². The van der Waals surface area contributed by atoms with Crippen molar-refractivity contribution < 1.29 is 0 Å². The van der Waals surface area contributed by atoms with Crippen molar-refractivity contribution in [3.8, 4) is 44.5 Å². The highest BCUT2D eigenvalue weighted by Crippen LogP contribution is 2.52. The number of anilines is 12. The van der Waals surface area contributed by atoms with Crippen LogP contribution in [-0.2, 0) is 0 Å². The first-order valence-corrected chi connectivity index (χ1v) is 46.5. The van der Waals surface area contributed by atoms with Crippen LogP contribution in [0.3, 0.4) is 0 Å². The molecule has 6 aromatic heterocycles. The fraction of sp³-hybridized carbons (Fsp3) is 0. The van der Waals surface area contributed by atoms with Crippen LogP contribution in [0.1, 0.15) is 0 Å². The third kappa shape index (κ3) is 14.9. The highest BCUT2D eigenvalue weighted by Gasteiger charge is 2.32. The maximum absolute atomic E-state index is 5.54. The molecule has 0 fully saturated rings. The maximum Gasteiger partial charge on any atom is 0.133 e. The predicted molar refractivity (Wildman–Crippen MR) is 560 cm³/mol. The summed E-state index contributed by atoms with van der Waals surface area (Å²) in [4.78, 5) is 41.1. The van der Waals surface area contributed by atoms with Crippen molar-refractivity contribution in [2.24, 2.45) is 0 Å². The average Bonchev–Trinajstić information content (AvgIpc) is 1.73. The zero-order chi connectivity index (χ0) is 89.5. The highest BCUT2D eigenvalue weighted by atomic mass is 32.1. The summed E-state index contributed by atoms with van der Waals surface area (Å²) in [5, 5.41) is 4.35. The van der Waals surface area contributed by atoms with Gasteiger partial charge in [0.25, 0.3) is 0 Å². The van der Waals surface area contributed by atoms with Crippen molar-refractivity contribution >= 4 is 224 Å². The molecule has 0 radical (unpaired) electrons. The lowest BCUT2D eigenvalue weighted by Crippen LogP contribution is -2.15. The number of fused-ring (bicyclic) bond motifs is 13. The largest absolute Gasteiger partial charge is 0.311 e. The first kappa shape index (κ1) is 80.7. The molecule has 0 spiro atoms. The van der Waals surface area contributed by atoms with Gasteiger partial charge in [-0.25, -0.2) is 29.9 Å². The summed E-state index contributed by atoms with van der Waals surface area (Å²) in [6, 6.07) is 154. The van der Waals surface area contributed by atoms with Gasteiger partial charge in [-0.2, -0.15) is 26.2 Å². The average molecular weight is 1790 g/mol. The van der Waals surface area contributed by atoms with E-state index >= 15 is 0 Å². The minimum atomic E-state index is 0.743. The predicted octanol–water partition coefficient (Wildman–Crippen LogP) is 31.2. The minimum absolute atomic E-state index is 0.743. The van der Waals surface area contributed by atoms with E-state index in [4.69, 9.17) is 47.4 Å². The van der Waals surface area contributed by atoms with Gasteiger partial charge in [0, 0.05) is 89.9 Å². The van der Waals surface area contributed by atoms with Gasteiger partial charge in [-0.1, -0.05) is 303 Å². The zero-order valence-electron chi connectivity index (χ0n) is 72.1. The molecule has 26 aromatic rings. The molecule has 0 aliphatic heterocycles. The molecule has 20 aromatic carbocycles. The summed E-state index contributed by atoms with van der Waals surface area (Å²) >= 11 is 3.66. The fourth-order valence-corrected chi connectivity index (χ4v) is 20.1. The molecule has 636 valence electrons. The smallest absolute Gasteiger partial charge is 0.133 e. The van der Waals surface area contributed by atoms with Crippen LogP contribution in [0.2, 0.25) is 0 Å². The number of hydrogen-bond acceptors (Lipinski definition) is 19. The third-order valence-corrected chi connectivity index (χ3v) is 26.0. The SMILES string of the molecule is c1ccc(-c2c3nsnc3c(-c3ccccc3)c3nc4ccccc4nc23)cc1.c1ccc(N(c2ccccc2)c2c3nsnc3c(N(c3ccccc3)c3ccccc3)c3nc4c(ccc5ccccc54)nc23)cc1.c1ccc(N(c2ccccc2)c2ccc(-c3c4nsnc4c(-c4ccc(N(c5ccccc5)c5ccccc5)cc4)c4nc5c(ccc6ccccc65)nc34)cc2)cc1. The second kappa shape index (κ2) is 35.3. The lowest BCUT2D eigenvalue weighted by molar-refractivity contribution is 1.26. The normalized spacial score (nSPS) is 11.4. The Bertz CT molecular complexity index is 8590. The van der Waals surface area contributed by atoms with E-state index in [2.05, 4.69) is 368 Å². The first-order chi connectivity index (χ1) is 67.0. The molecular formula is C116H74N16S3. The van der Waals surface area contributed by atoms with Crippen LogP contribution >= 0.6 is 35.2 Å². The van der Waals surface area contributed by atoms with Gasteiger partial charge < -0.3 is 19.6 Å². The molecule has 0 saturated carbocycles. The summed E-state index contributed by atoms with van der Waals surface area (Å²) in [6.07, 6.45) is 0. The van der Waals surface area contributed by atoms with Crippen molar-refractivity contribution in [3.63, 3.8) is 0 Å². The first-order valence-electron chi connectivity index (χ1n) is 44.4. The van der Waals surface area contributed by atoms with Crippen molar-refractivity contribution in [3.05, 3.63) is 449 Å². The monoisotopic (exact) mass is 1790 g/mol. The van der Waals surface area contributed by atoms with Crippen molar-refractivity contribution in [1.82, 2.24) is 56.1 Å². The molecule has 26 rings (SSSR count). The van der Waals surface area contributed by atoms with Crippen molar-refractivity contribution in [1.29, 1.82) is 0 Å². The minimum Gasteiger partial charge on any atom is -0.311 e. The van der Waals surface area contributed by atoms with Crippen LogP contribution in [0.5, 0.6) is 0 Å². The number of aromatic nitrogens is 12. The Morgan fingerprint density at radius 1 is 0.141 bits per heavy atom. The van der Waals surface area contributed by atoms with E-state index in [1.165, 1.54) is 35.2 Å². The summed E-state index contributed by atoms with van der Waals surface area (Å²) in [5.74, 6) is 0. The lowest BCUT2D eigenvalue weighted by atomic mass is 9.94. The van der Waals surface area contributed by atoms with Crippen LogP contribution < -0.4 is 19.6 Å². The second-order valence-corrected chi connectivity index (χ2v) is 34.1. The van der Waals surface area contributed by atoms with Crippen LogP contribution in [-0.4, -0.2) is 56.1 Å². The topological polar surface area (TPSA) is 168 Å². The van der Waals surface area contributed by atoms with Crippen LogP contribution in [0.15, 0.2) is 449 Å². The molecule has 0 unspecified atom stereocenters. The molecule has 0 atom stereocenters. The van der Waals surface area contributed by atoms with Crippen molar-refractivity contribution in [2.45, 2.75) is 0 Å². The van der Waals surface area contributed by atoms with Crippen LogP contribution in [0, 0.1) is 0 Å². The van der Waals surface area contributed by atoms with Gasteiger partial charge in [-0.15, -0.1) is 0 Å². The maximum atomic E-state index is 5.54. The van der Waals surface area contributed by atoms with Crippen LogP contribution in [0.4, 0.5) is 68.2 Å². The Hall–Kier alpha value is -17.6. The Balaban J connectivity index is 0.000000117. The van der Waals surface area contributed by atoms with Gasteiger partial charge in [0.05, 0.1) is 68.3 Å². The summed E-state index contributed by atoms with van der Waals surface area (Å²) in [7, 11) is 0. The molecule has 16 nitrogen and oxygen atoms in total. The van der Waals surface area contributed by atoms with E-state index in [-0.39, 0.29) is 0 Å². The Morgan fingerprint density at radius 2 is 0.363 bits per heavy atom. The number of rotatable bonds is 16. The highest BCUT2D eigenvalue weighted by molar-refractivity contribution is 7.00. The van der Waals surface area contributed by atoms with E-state index in [9.17, 15) is 0 Å². The van der Waals surface area contributed by atoms with E-state index in [1.54, 1.807) is 0 Å². The Labute approximate surface area is 787 Å². The van der Waals surface area contributed by atoms with Crippen molar-refractivity contribution in [2.75, 3.05) is 19.6 Å². The van der Waals surface area contributed by atoms with Gasteiger partial charge in [-0.3, -0.25) is 0 Å². The number of para-hydroxylation sites is 10. The molecular weight excluding hydrogens is 1710 g/mol. The molecule has 6 heterocycles. The van der Waals surface area contributed by atoms with Gasteiger partial charge in [-0.05, 0) is 179 Å². The number of nitrogens with zero attached hydrogens (tertiary/aromatic N) is 16. The van der Waals surface area contributed by atoms with Crippen LogP contribution in [0.25, 0.3) is 165 Å². The summed E-state index contributed by atoms with van der Waals surface area (Å²) in [5.41, 5.74) is 34.8. The summed E-state index contributed by atoms with van der Waals surface area (Å²) in [6.45, 7) is 0. The molecule has 0 aliphatic carbocycles. The molecule has 0 bridgehead atoms. The molecule has 19 heteroatoms. The molecule has 135 heavy (non-hydrogen) atoms. The van der Waals surface area contributed by atoms with Gasteiger partial charge in [0.15, 0.2) is 0 Å². The molecule has 0 amide bonds. The number of benzene rings is 20. The molecule has 0 aliphatic rings. The van der Waals surface area contributed by atoms with E-state index < -0.39 is 0 Å². The lowest BCUT2D eigenvalue weighted by Gasteiger charge is -2.30. The summed E-state index contributed by atoms with van der Waals surface area (Å²) < 4.78 is 29.3. The third-order valence-electron chi connectivity index (χ3n) is 24.5. The van der Waals surface area contributed by atoms with E-state index in [0.717, 1.165) is 234 Å². The van der Waals surface area contributed by atoms with E-state index in [0.29, 0.717) is 0 Å². The van der Waals surface area contributed by atoms with E-state index in [1.807, 2.05) is 109 Å². The zero-order valence-corrected chi connectivity index (χ0v) is 74.6. The van der Waals surface area contributed by atoms with Gasteiger partial charge >= 0.3 is 0 Å². The Morgan fingerprint density at radius 3 is 0.681 bits per heavy atom. The van der Waals surface area contributed by atoms with Gasteiger partial charge in [0.2, 0.25) is 0 Å². The molecule has 0 saturated heterocycles.